The standard InChI is InChI=1S/C18H21N5O4S/c1-4-22-16(25)13(9-15(24)19-12-7-5-11(2)6-8-12)23(18(22)28)10-14-17(26)27-20-21(14)3/h5-8,13H,4,9-10H2,1-3H3,(H-,19,20,24,26). The number of aryl methyl sites for hydroxylation is 2. The summed E-state index contributed by atoms with van der Waals surface area (Å²) in [7, 11) is 1.57. The Hall–Kier alpha value is -3.01. The maximum Gasteiger partial charge on any atom is 0.252 e. The van der Waals surface area contributed by atoms with Crippen molar-refractivity contribution in [1.29, 1.82) is 0 Å². The molecule has 10 heteroatoms. The molecule has 1 N–H and O–H groups in total. The highest BCUT2D eigenvalue weighted by Gasteiger charge is 2.44. The van der Waals surface area contributed by atoms with Crippen LogP contribution >= 0.6 is 12.2 Å². The first kappa shape index (κ1) is 19.7. The predicted octanol–water partition coefficient (Wildman–Crippen LogP) is 0.228. The third-order valence-corrected chi connectivity index (χ3v) is 5.08. The lowest BCUT2D eigenvalue weighted by Gasteiger charge is -2.22. The molecule has 2 heterocycles. The number of carbonyl (C=O) groups excluding carboxylic acids is 2. The number of rotatable bonds is 6. The van der Waals surface area contributed by atoms with Gasteiger partial charge in [0.25, 0.3) is 11.6 Å². The van der Waals surface area contributed by atoms with Crippen molar-refractivity contribution in [2.24, 2.45) is 7.05 Å². The molecule has 0 bridgehead atoms. The molecule has 1 aromatic heterocycles. The van der Waals surface area contributed by atoms with Crippen LogP contribution in [0.15, 0.2) is 28.8 Å². The Balaban J connectivity index is 1.79. The molecule has 2 amide bonds. The minimum Gasteiger partial charge on any atom is -0.539 e. The Morgan fingerprint density at radius 2 is 2.07 bits per heavy atom. The van der Waals surface area contributed by atoms with E-state index in [4.69, 9.17) is 12.2 Å². The molecular weight excluding hydrogens is 382 g/mol. The zero-order chi connectivity index (χ0) is 20.4. The van der Waals surface area contributed by atoms with Crippen LogP contribution in [0.25, 0.3) is 0 Å². The molecule has 1 aromatic carbocycles. The van der Waals surface area contributed by atoms with E-state index in [0.717, 1.165) is 5.56 Å². The summed E-state index contributed by atoms with van der Waals surface area (Å²) in [5.74, 6) is -1.18. The Morgan fingerprint density at radius 3 is 2.64 bits per heavy atom. The Morgan fingerprint density at radius 1 is 1.39 bits per heavy atom. The molecule has 1 aliphatic heterocycles. The fourth-order valence-electron chi connectivity index (χ4n) is 3.05. The van der Waals surface area contributed by atoms with Gasteiger partial charge in [-0.15, -0.1) is 0 Å². The number of nitrogens with zero attached hydrogens (tertiary/aromatic N) is 4. The van der Waals surface area contributed by atoms with E-state index in [1.807, 2.05) is 19.1 Å². The number of hydrogen-bond donors (Lipinski definition) is 1. The lowest BCUT2D eigenvalue weighted by molar-refractivity contribution is -0.746. The van der Waals surface area contributed by atoms with Crippen molar-refractivity contribution in [2.45, 2.75) is 32.9 Å². The van der Waals surface area contributed by atoms with Gasteiger partial charge in [-0.25, -0.2) is 0 Å². The fraction of sp³-hybridized carbons (Fsp3) is 0.389. The topological polar surface area (TPSA) is 106 Å². The van der Waals surface area contributed by atoms with Crippen molar-refractivity contribution in [2.75, 3.05) is 11.9 Å². The van der Waals surface area contributed by atoms with Crippen LogP contribution in [0.5, 0.6) is 5.95 Å². The molecule has 0 radical (unpaired) electrons. The summed E-state index contributed by atoms with van der Waals surface area (Å²) in [4.78, 5) is 28.3. The molecule has 1 atom stereocenters. The average molecular weight is 403 g/mol. The molecule has 0 aliphatic carbocycles. The summed E-state index contributed by atoms with van der Waals surface area (Å²) in [6.45, 7) is 4.16. The summed E-state index contributed by atoms with van der Waals surface area (Å²) in [6, 6.07) is 6.57. The Labute approximate surface area is 167 Å². The molecule has 28 heavy (non-hydrogen) atoms. The Bertz CT molecular complexity index is 892. The molecule has 148 valence electrons. The highest BCUT2D eigenvalue weighted by molar-refractivity contribution is 7.80. The number of carbonyl (C=O) groups is 2. The minimum absolute atomic E-state index is 0.0301. The van der Waals surface area contributed by atoms with Gasteiger partial charge in [-0.1, -0.05) is 22.4 Å². The van der Waals surface area contributed by atoms with Crippen LogP contribution in [0, 0.1) is 6.92 Å². The second-order valence-electron chi connectivity index (χ2n) is 6.56. The van der Waals surface area contributed by atoms with Crippen LogP contribution in [-0.2, 0) is 23.2 Å². The van der Waals surface area contributed by atoms with Crippen molar-refractivity contribution in [3.05, 3.63) is 35.5 Å². The van der Waals surface area contributed by atoms with Gasteiger partial charge in [0, 0.05) is 12.2 Å². The minimum atomic E-state index is -0.799. The van der Waals surface area contributed by atoms with E-state index >= 15 is 0 Å². The maximum absolute atomic E-state index is 12.8. The lowest BCUT2D eigenvalue weighted by atomic mass is 10.1. The quantitative estimate of drug-likeness (QED) is 0.544. The fourth-order valence-corrected chi connectivity index (χ4v) is 3.46. The van der Waals surface area contributed by atoms with Gasteiger partial charge in [0.1, 0.15) is 12.6 Å². The first-order valence-corrected chi connectivity index (χ1v) is 9.23. The number of likely N-dealkylation sites (N-methyl/N-ethyl adjacent to an activating group) is 1. The van der Waals surface area contributed by atoms with Gasteiger partial charge in [0.2, 0.25) is 5.91 Å². The molecule has 9 nitrogen and oxygen atoms in total. The number of nitrogens with one attached hydrogen (secondary N) is 1. The van der Waals surface area contributed by atoms with Crippen molar-refractivity contribution in [3.8, 4) is 5.95 Å². The van der Waals surface area contributed by atoms with E-state index in [1.54, 1.807) is 31.0 Å². The number of benzene rings is 1. The molecule has 0 spiro atoms. The van der Waals surface area contributed by atoms with Crippen molar-refractivity contribution in [1.82, 2.24) is 15.1 Å². The highest BCUT2D eigenvalue weighted by atomic mass is 32.1. The molecule has 1 saturated heterocycles. The van der Waals surface area contributed by atoms with Gasteiger partial charge in [-0.05, 0) is 38.2 Å². The van der Waals surface area contributed by atoms with E-state index in [2.05, 4.69) is 15.1 Å². The largest absolute Gasteiger partial charge is 0.539 e. The molecule has 3 rings (SSSR count). The number of amides is 2. The van der Waals surface area contributed by atoms with Crippen LogP contribution in [0.2, 0.25) is 0 Å². The molecule has 2 aromatic rings. The second kappa shape index (κ2) is 7.93. The second-order valence-corrected chi connectivity index (χ2v) is 6.92. The normalized spacial score (nSPS) is 16.8. The highest BCUT2D eigenvalue weighted by Crippen LogP contribution is 2.24. The number of hydrogen-bond acceptors (Lipinski definition) is 6. The van der Waals surface area contributed by atoms with E-state index in [-0.39, 0.29) is 35.6 Å². The predicted molar refractivity (Wildman–Crippen MR) is 101 cm³/mol. The molecule has 0 saturated carbocycles. The van der Waals surface area contributed by atoms with Crippen molar-refractivity contribution in [3.63, 3.8) is 0 Å². The molecule has 1 unspecified atom stereocenters. The molecule has 1 aliphatic rings. The zero-order valence-corrected chi connectivity index (χ0v) is 16.7. The van der Waals surface area contributed by atoms with Crippen LogP contribution < -0.4 is 15.1 Å². The summed E-state index contributed by atoms with van der Waals surface area (Å²) in [5.41, 5.74) is 1.97. The average Bonchev–Trinajstić information content (AvgIpc) is 3.08. The van der Waals surface area contributed by atoms with Crippen LogP contribution in [0.4, 0.5) is 5.69 Å². The first-order valence-electron chi connectivity index (χ1n) is 8.82. The Kier molecular flexibility index (Phi) is 5.59. The van der Waals surface area contributed by atoms with Crippen molar-refractivity contribution >= 4 is 34.8 Å². The van der Waals surface area contributed by atoms with Gasteiger partial charge in [-0.2, -0.15) is 0 Å². The van der Waals surface area contributed by atoms with Crippen LogP contribution in [-0.4, -0.2) is 44.6 Å². The first-order chi connectivity index (χ1) is 13.3. The van der Waals surface area contributed by atoms with Crippen molar-refractivity contribution < 1.29 is 23.9 Å². The van der Waals surface area contributed by atoms with E-state index in [1.165, 1.54) is 9.58 Å². The van der Waals surface area contributed by atoms with Gasteiger partial charge in [0.05, 0.1) is 11.7 Å². The summed E-state index contributed by atoms with van der Waals surface area (Å²) < 4.78 is 5.93. The van der Waals surface area contributed by atoms with E-state index < -0.39 is 12.0 Å². The number of aromatic nitrogens is 2. The third-order valence-electron chi connectivity index (χ3n) is 4.63. The molecule has 1 fully saturated rings. The third kappa shape index (κ3) is 3.81. The summed E-state index contributed by atoms with van der Waals surface area (Å²) >= 11 is 5.41. The number of anilines is 1. The van der Waals surface area contributed by atoms with Crippen LogP contribution in [0.3, 0.4) is 0 Å². The maximum atomic E-state index is 12.8. The smallest absolute Gasteiger partial charge is 0.252 e. The van der Waals surface area contributed by atoms with E-state index in [0.29, 0.717) is 12.2 Å². The van der Waals surface area contributed by atoms with Gasteiger partial charge < -0.3 is 19.8 Å². The van der Waals surface area contributed by atoms with Gasteiger partial charge >= 0.3 is 0 Å². The number of thiocarbonyl (C=S) groups is 1. The summed E-state index contributed by atoms with van der Waals surface area (Å²) in [6.07, 6.45) is -0.0907. The lowest BCUT2D eigenvalue weighted by Crippen LogP contribution is -2.42. The van der Waals surface area contributed by atoms with Gasteiger partial charge in [-0.3, -0.25) is 14.5 Å². The van der Waals surface area contributed by atoms with Crippen LogP contribution in [0.1, 0.15) is 24.6 Å². The SMILES string of the molecule is CCN1C(=O)C(CC(=O)Nc2ccc(C)cc2)N(Cc2c([O-])on[n+]2C)C1=S. The molecular formula is C18H21N5O4S. The monoisotopic (exact) mass is 403 g/mol. The van der Waals surface area contributed by atoms with E-state index in [9.17, 15) is 14.7 Å². The zero-order valence-electron chi connectivity index (χ0n) is 15.8. The van der Waals surface area contributed by atoms with Gasteiger partial charge in [0.15, 0.2) is 18.1 Å². The summed E-state index contributed by atoms with van der Waals surface area (Å²) in [5, 5.41) is 18.5.